The molecule has 0 aliphatic heterocycles. The molecule has 7 heteroatoms. The summed E-state index contributed by atoms with van der Waals surface area (Å²) in [6, 6.07) is 2.08. The molecule has 1 rings (SSSR count). The summed E-state index contributed by atoms with van der Waals surface area (Å²) in [7, 11) is 1.42. The van der Waals surface area contributed by atoms with E-state index in [1.54, 1.807) is 6.92 Å². The fraction of sp³-hybridized carbons (Fsp3) is 0.385. The minimum Gasteiger partial charge on any atom is -0.497 e. The van der Waals surface area contributed by atoms with Crippen LogP contribution in [0.4, 0.5) is 14.9 Å². The molecule has 0 spiro atoms. The fourth-order valence-corrected chi connectivity index (χ4v) is 1.59. The molecule has 1 atom stereocenters. The number of carboxylic acids is 1. The molecular formula is C13H17FN2O4. The lowest BCUT2D eigenvalue weighted by atomic mass is 10.2. The topological polar surface area (TPSA) is 87.7 Å². The SMILES string of the molecule is CCCC(NC(=O)Nc1cc(OC)ccc1F)C(=O)O. The third-order valence-electron chi connectivity index (χ3n) is 2.60. The Kier molecular flexibility index (Phi) is 5.76. The van der Waals surface area contributed by atoms with Crippen molar-refractivity contribution >= 4 is 17.7 Å². The number of carbonyl (C=O) groups excluding carboxylic acids is 1. The van der Waals surface area contributed by atoms with Gasteiger partial charge in [0.2, 0.25) is 0 Å². The van der Waals surface area contributed by atoms with Gasteiger partial charge in [-0.25, -0.2) is 14.0 Å². The van der Waals surface area contributed by atoms with Crippen LogP contribution in [-0.4, -0.2) is 30.3 Å². The average molecular weight is 284 g/mol. The van der Waals surface area contributed by atoms with Gasteiger partial charge in [0.25, 0.3) is 0 Å². The predicted octanol–water partition coefficient (Wildman–Crippen LogP) is 2.21. The van der Waals surface area contributed by atoms with Crippen molar-refractivity contribution in [3.63, 3.8) is 0 Å². The lowest BCUT2D eigenvalue weighted by molar-refractivity contribution is -0.139. The molecule has 0 bridgehead atoms. The van der Waals surface area contributed by atoms with Crippen LogP contribution in [0, 0.1) is 5.82 Å². The second-order valence-corrected chi connectivity index (χ2v) is 4.12. The summed E-state index contributed by atoms with van der Waals surface area (Å²) in [4.78, 5) is 22.6. The van der Waals surface area contributed by atoms with Gasteiger partial charge in [0.1, 0.15) is 17.6 Å². The highest BCUT2D eigenvalue weighted by Gasteiger charge is 2.19. The fourth-order valence-electron chi connectivity index (χ4n) is 1.59. The molecule has 0 fully saturated rings. The van der Waals surface area contributed by atoms with E-state index in [9.17, 15) is 14.0 Å². The number of rotatable bonds is 6. The largest absolute Gasteiger partial charge is 0.497 e. The van der Waals surface area contributed by atoms with Gasteiger partial charge in [-0.05, 0) is 18.6 Å². The minimum absolute atomic E-state index is 0.0810. The normalized spacial score (nSPS) is 11.6. The van der Waals surface area contributed by atoms with E-state index in [1.807, 2.05) is 0 Å². The standard InChI is InChI=1S/C13H17FN2O4/c1-3-4-10(12(17)18)15-13(19)16-11-7-8(20-2)5-6-9(11)14/h5-7,10H,3-4H2,1-2H3,(H,17,18)(H2,15,16,19). The molecule has 0 aliphatic carbocycles. The number of halogens is 1. The number of aliphatic carboxylic acids is 1. The maximum atomic E-state index is 13.5. The van der Waals surface area contributed by atoms with Crippen molar-refractivity contribution in [1.29, 1.82) is 0 Å². The number of ether oxygens (including phenoxy) is 1. The molecule has 6 nitrogen and oxygen atoms in total. The van der Waals surface area contributed by atoms with Gasteiger partial charge >= 0.3 is 12.0 Å². The number of carbonyl (C=O) groups is 2. The van der Waals surface area contributed by atoms with Crippen LogP contribution < -0.4 is 15.4 Å². The summed E-state index contributed by atoms with van der Waals surface area (Å²) in [6.07, 6.45) is 0.897. The van der Waals surface area contributed by atoms with Gasteiger partial charge < -0.3 is 20.5 Å². The Labute approximate surface area is 115 Å². The van der Waals surface area contributed by atoms with E-state index in [-0.39, 0.29) is 5.69 Å². The maximum Gasteiger partial charge on any atom is 0.326 e. The van der Waals surface area contributed by atoms with Gasteiger partial charge in [-0.2, -0.15) is 0 Å². The Balaban J connectivity index is 2.72. The summed E-state index contributed by atoms with van der Waals surface area (Å²) in [5.74, 6) is -1.39. The summed E-state index contributed by atoms with van der Waals surface area (Å²) in [6.45, 7) is 1.80. The quantitative estimate of drug-likeness (QED) is 0.747. The van der Waals surface area contributed by atoms with Crippen molar-refractivity contribution in [2.75, 3.05) is 12.4 Å². The van der Waals surface area contributed by atoms with Crippen molar-refractivity contribution in [3.05, 3.63) is 24.0 Å². The highest BCUT2D eigenvalue weighted by Crippen LogP contribution is 2.20. The van der Waals surface area contributed by atoms with Crippen molar-refractivity contribution in [1.82, 2.24) is 5.32 Å². The summed E-state index contributed by atoms with van der Waals surface area (Å²) < 4.78 is 18.4. The van der Waals surface area contributed by atoms with E-state index >= 15 is 0 Å². The molecule has 2 amide bonds. The van der Waals surface area contributed by atoms with Crippen LogP contribution in [0.2, 0.25) is 0 Å². The Morgan fingerprint density at radius 2 is 2.15 bits per heavy atom. The lowest BCUT2D eigenvalue weighted by Gasteiger charge is -2.14. The zero-order valence-electron chi connectivity index (χ0n) is 11.3. The van der Waals surface area contributed by atoms with Crippen molar-refractivity contribution in [3.8, 4) is 5.75 Å². The first-order valence-corrected chi connectivity index (χ1v) is 6.11. The maximum absolute atomic E-state index is 13.5. The molecule has 0 saturated carbocycles. The number of anilines is 1. The number of methoxy groups -OCH3 is 1. The number of carboxylic acid groups (broad SMARTS) is 1. The number of hydrogen-bond acceptors (Lipinski definition) is 3. The van der Waals surface area contributed by atoms with Gasteiger partial charge in [-0.3, -0.25) is 0 Å². The van der Waals surface area contributed by atoms with E-state index in [0.29, 0.717) is 18.6 Å². The first-order chi connectivity index (χ1) is 9.47. The highest BCUT2D eigenvalue weighted by atomic mass is 19.1. The molecule has 3 N–H and O–H groups in total. The third kappa shape index (κ3) is 4.42. The van der Waals surface area contributed by atoms with E-state index in [2.05, 4.69) is 10.6 Å². The van der Waals surface area contributed by atoms with E-state index < -0.39 is 23.9 Å². The monoisotopic (exact) mass is 284 g/mol. The first-order valence-electron chi connectivity index (χ1n) is 6.11. The lowest BCUT2D eigenvalue weighted by Crippen LogP contribution is -2.43. The van der Waals surface area contributed by atoms with Crippen LogP contribution in [0.1, 0.15) is 19.8 Å². The van der Waals surface area contributed by atoms with E-state index in [1.165, 1.54) is 19.2 Å². The smallest absolute Gasteiger partial charge is 0.326 e. The zero-order valence-corrected chi connectivity index (χ0v) is 11.3. The van der Waals surface area contributed by atoms with E-state index in [4.69, 9.17) is 9.84 Å². The van der Waals surface area contributed by atoms with Gasteiger partial charge in [-0.1, -0.05) is 13.3 Å². The van der Waals surface area contributed by atoms with Crippen molar-refractivity contribution in [2.45, 2.75) is 25.8 Å². The Morgan fingerprint density at radius 1 is 1.45 bits per heavy atom. The van der Waals surface area contributed by atoms with Gasteiger partial charge in [0, 0.05) is 6.07 Å². The number of urea groups is 1. The molecule has 0 radical (unpaired) electrons. The Hall–Kier alpha value is -2.31. The van der Waals surface area contributed by atoms with E-state index in [0.717, 1.165) is 6.07 Å². The number of hydrogen-bond donors (Lipinski definition) is 3. The van der Waals surface area contributed by atoms with Gasteiger partial charge in [0.15, 0.2) is 0 Å². The summed E-state index contributed by atoms with van der Waals surface area (Å²) in [5, 5.41) is 13.5. The second kappa shape index (κ2) is 7.32. The molecule has 1 aromatic rings. The number of amides is 2. The molecule has 1 unspecified atom stereocenters. The second-order valence-electron chi connectivity index (χ2n) is 4.12. The number of nitrogens with one attached hydrogen (secondary N) is 2. The van der Waals surface area contributed by atoms with Crippen LogP contribution in [0.15, 0.2) is 18.2 Å². The van der Waals surface area contributed by atoms with Gasteiger partial charge in [0.05, 0.1) is 12.8 Å². The molecule has 20 heavy (non-hydrogen) atoms. The third-order valence-corrected chi connectivity index (χ3v) is 2.60. The predicted molar refractivity (Wildman–Crippen MR) is 71.4 cm³/mol. The van der Waals surface area contributed by atoms with Crippen molar-refractivity contribution < 1.29 is 23.8 Å². The average Bonchev–Trinajstić information content (AvgIpc) is 2.40. The van der Waals surface area contributed by atoms with Crippen molar-refractivity contribution in [2.24, 2.45) is 0 Å². The molecule has 1 aromatic carbocycles. The van der Waals surface area contributed by atoms with Crippen LogP contribution in [0.25, 0.3) is 0 Å². The minimum atomic E-state index is -1.13. The molecular weight excluding hydrogens is 267 g/mol. The highest BCUT2D eigenvalue weighted by molar-refractivity contribution is 5.92. The van der Waals surface area contributed by atoms with Crippen LogP contribution in [0.3, 0.4) is 0 Å². The Morgan fingerprint density at radius 3 is 2.70 bits per heavy atom. The number of benzene rings is 1. The first kappa shape index (κ1) is 15.7. The molecule has 0 aromatic heterocycles. The molecule has 0 saturated heterocycles. The van der Waals surface area contributed by atoms with Crippen LogP contribution in [-0.2, 0) is 4.79 Å². The zero-order chi connectivity index (χ0) is 15.1. The van der Waals surface area contributed by atoms with Gasteiger partial charge in [-0.15, -0.1) is 0 Å². The summed E-state index contributed by atoms with van der Waals surface area (Å²) in [5.41, 5.74) is -0.0810. The Bertz CT molecular complexity index is 493. The summed E-state index contributed by atoms with van der Waals surface area (Å²) >= 11 is 0. The van der Waals surface area contributed by atoms with Crippen LogP contribution in [0.5, 0.6) is 5.75 Å². The molecule has 0 aliphatic rings. The molecule has 0 heterocycles. The van der Waals surface area contributed by atoms with Crippen LogP contribution >= 0.6 is 0 Å². The molecule has 110 valence electrons.